The summed E-state index contributed by atoms with van der Waals surface area (Å²) in [5.41, 5.74) is 3.92. The van der Waals surface area contributed by atoms with E-state index in [0.29, 0.717) is 11.3 Å². The van der Waals surface area contributed by atoms with Gasteiger partial charge in [0.2, 0.25) is 10.0 Å². The molecule has 0 aliphatic rings. The van der Waals surface area contributed by atoms with Gasteiger partial charge in [0, 0.05) is 0 Å². The highest BCUT2D eigenvalue weighted by atomic mass is 32.2. The Bertz CT molecular complexity index is 1100. The number of carbonyl (C=O) groups excluding carboxylic acids is 1. The molecule has 3 aromatic rings. The molecule has 0 bridgehead atoms. The quantitative estimate of drug-likeness (QED) is 0.591. The lowest BCUT2D eigenvalue weighted by atomic mass is 10.1. The highest BCUT2D eigenvalue weighted by Gasteiger charge is 2.19. The van der Waals surface area contributed by atoms with Gasteiger partial charge in [0.05, 0.1) is 23.3 Å². The van der Waals surface area contributed by atoms with Gasteiger partial charge in [-0.2, -0.15) is 0 Å². The first-order valence-corrected chi connectivity index (χ1v) is 10.6. The van der Waals surface area contributed by atoms with Crippen molar-refractivity contribution in [3.05, 3.63) is 88.4 Å². The highest BCUT2D eigenvalue weighted by molar-refractivity contribution is 7.89. The Morgan fingerprint density at radius 2 is 1.76 bits per heavy atom. The number of sulfonamides is 1. The summed E-state index contributed by atoms with van der Waals surface area (Å²) in [5.74, 6) is -0.0708. The molecule has 0 spiro atoms. The third-order valence-corrected chi connectivity index (χ3v) is 5.81. The largest absolute Gasteiger partial charge is 0.468 e. The maximum atomic E-state index is 12.6. The lowest BCUT2D eigenvalue weighted by Crippen LogP contribution is -2.23. The fourth-order valence-corrected chi connectivity index (χ4v) is 4.05. The Hall–Kier alpha value is -2.90. The number of nitrogens with one attached hydrogen (secondary N) is 1. The number of esters is 1. The summed E-state index contributed by atoms with van der Waals surface area (Å²) in [5, 5.41) is 0. The molecular weight excluding hydrogens is 390 g/mol. The molecule has 29 heavy (non-hydrogen) atoms. The molecule has 0 saturated carbocycles. The highest BCUT2D eigenvalue weighted by Crippen LogP contribution is 2.18. The number of benzene rings is 2. The number of hydrogen-bond acceptors (Lipinski definition) is 5. The number of carbonyl (C=O) groups is 1. The molecule has 0 amide bonds. The van der Waals surface area contributed by atoms with Crippen LogP contribution in [-0.4, -0.2) is 14.4 Å². The molecule has 0 radical (unpaired) electrons. The summed E-state index contributed by atoms with van der Waals surface area (Å²) >= 11 is 0. The molecule has 152 valence electrons. The number of rotatable bonds is 7. The molecule has 0 fully saturated rings. The van der Waals surface area contributed by atoms with E-state index in [1.54, 1.807) is 25.1 Å². The van der Waals surface area contributed by atoms with Gasteiger partial charge in [-0.05, 0) is 56.2 Å². The van der Waals surface area contributed by atoms with Crippen molar-refractivity contribution in [1.82, 2.24) is 4.72 Å². The first-order valence-electron chi connectivity index (χ1n) is 9.11. The minimum Gasteiger partial charge on any atom is -0.468 e. The normalized spacial score (nSPS) is 11.4. The molecule has 3 rings (SSSR count). The Labute approximate surface area is 170 Å². The van der Waals surface area contributed by atoms with E-state index in [1.807, 2.05) is 32.0 Å². The molecule has 1 N–H and O–H groups in total. The Morgan fingerprint density at radius 3 is 2.41 bits per heavy atom. The molecule has 7 heteroatoms. The topological polar surface area (TPSA) is 85.6 Å². The van der Waals surface area contributed by atoms with Crippen molar-refractivity contribution in [2.75, 3.05) is 0 Å². The zero-order chi connectivity index (χ0) is 21.0. The molecule has 0 unspecified atom stereocenters. The SMILES string of the molecule is Cc1cc(C)cc(COC(=O)c2cc(S(=O)(=O)NCc3ccco3)ccc2C)c1. The molecule has 1 heterocycles. The van der Waals surface area contributed by atoms with E-state index in [-0.39, 0.29) is 23.6 Å². The maximum Gasteiger partial charge on any atom is 0.338 e. The van der Waals surface area contributed by atoms with E-state index in [4.69, 9.17) is 9.15 Å². The van der Waals surface area contributed by atoms with Crippen molar-refractivity contribution in [3.8, 4) is 0 Å². The zero-order valence-corrected chi connectivity index (χ0v) is 17.4. The summed E-state index contributed by atoms with van der Waals surface area (Å²) in [6, 6.07) is 13.7. The van der Waals surface area contributed by atoms with Crippen molar-refractivity contribution in [2.45, 2.75) is 38.8 Å². The van der Waals surface area contributed by atoms with Gasteiger partial charge in [0.1, 0.15) is 12.4 Å². The molecule has 0 saturated heterocycles. The molecule has 6 nitrogen and oxygen atoms in total. The minimum absolute atomic E-state index is 0.00648. The van der Waals surface area contributed by atoms with Crippen molar-refractivity contribution in [2.24, 2.45) is 0 Å². The fraction of sp³-hybridized carbons (Fsp3) is 0.227. The first kappa shape index (κ1) is 20.8. The van der Waals surface area contributed by atoms with Crippen LogP contribution < -0.4 is 4.72 Å². The van der Waals surface area contributed by atoms with Crippen LogP contribution in [-0.2, 0) is 27.9 Å². The van der Waals surface area contributed by atoms with E-state index in [1.165, 1.54) is 18.4 Å². The monoisotopic (exact) mass is 413 g/mol. The van der Waals surface area contributed by atoms with Crippen LogP contribution in [0.2, 0.25) is 0 Å². The second kappa shape index (κ2) is 8.63. The predicted octanol–water partition coefficient (Wildman–Crippen LogP) is 4.04. The van der Waals surface area contributed by atoms with Crippen molar-refractivity contribution < 1.29 is 22.4 Å². The van der Waals surface area contributed by atoms with Crippen LogP contribution in [0.15, 0.2) is 64.1 Å². The van der Waals surface area contributed by atoms with Gasteiger partial charge >= 0.3 is 5.97 Å². The third-order valence-electron chi connectivity index (χ3n) is 4.41. The average Bonchev–Trinajstić information content (AvgIpc) is 3.18. The van der Waals surface area contributed by atoms with E-state index in [2.05, 4.69) is 4.72 Å². The van der Waals surface area contributed by atoms with Crippen LogP contribution in [0.5, 0.6) is 0 Å². The Kier molecular flexibility index (Phi) is 6.20. The molecule has 0 atom stereocenters. The first-order chi connectivity index (χ1) is 13.7. The average molecular weight is 413 g/mol. The maximum absolute atomic E-state index is 12.6. The fourth-order valence-electron chi connectivity index (χ4n) is 3.03. The molecular formula is C22H23NO5S. The number of hydrogen-bond donors (Lipinski definition) is 1. The summed E-state index contributed by atoms with van der Waals surface area (Å²) in [6.07, 6.45) is 1.47. The minimum atomic E-state index is -3.81. The van der Waals surface area contributed by atoms with Crippen molar-refractivity contribution in [3.63, 3.8) is 0 Å². The smallest absolute Gasteiger partial charge is 0.338 e. The van der Waals surface area contributed by atoms with E-state index in [9.17, 15) is 13.2 Å². The number of aryl methyl sites for hydroxylation is 3. The molecule has 1 aromatic heterocycles. The molecule has 0 aliphatic heterocycles. The van der Waals surface area contributed by atoms with Gasteiger partial charge in [-0.3, -0.25) is 0 Å². The van der Waals surface area contributed by atoms with Crippen LogP contribution in [0.25, 0.3) is 0 Å². The van der Waals surface area contributed by atoms with Crippen LogP contribution >= 0.6 is 0 Å². The lowest BCUT2D eigenvalue weighted by Gasteiger charge is -2.11. The second-order valence-corrected chi connectivity index (χ2v) is 8.72. The molecule has 0 aliphatic carbocycles. The van der Waals surface area contributed by atoms with E-state index in [0.717, 1.165) is 16.7 Å². The summed E-state index contributed by atoms with van der Waals surface area (Å²) in [6.45, 7) is 5.84. The van der Waals surface area contributed by atoms with E-state index < -0.39 is 16.0 Å². The number of ether oxygens (including phenoxy) is 1. The van der Waals surface area contributed by atoms with Crippen LogP contribution in [0.4, 0.5) is 0 Å². The molecule has 2 aromatic carbocycles. The van der Waals surface area contributed by atoms with Crippen molar-refractivity contribution in [1.29, 1.82) is 0 Å². The third kappa shape index (κ3) is 5.34. The lowest BCUT2D eigenvalue weighted by molar-refractivity contribution is 0.0471. The zero-order valence-electron chi connectivity index (χ0n) is 16.6. The van der Waals surface area contributed by atoms with Crippen molar-refractivity contribution >= 4 is 16.0 Å². The second-order valence-electron chi connectivity index (χ2n) is 6.95. The van der Waals surface area contributed by atoms with Gasteiger partial charge < -0.3 is 9.15 Å². The standard InChI is InChI=1S/C22H23NO5S/c1-15-9-16(2)11-18(10-15)14-28-22(24)21-12-20(7-6-17(21)3)29(25,26)23-13-19-5-4-8-27-19/h4-12,23H,13-14H2,1-3H3. The van der Waals surface area contributed by atoms with Gasteiger partial charge in [-0.15, -0.1) is 0 Å². The van der Waals surface area contributed by atoms with Crippen LogP contribution in [0.1, 0.15) is 38.4 Å². The van der Waals surface area contributed by atoms with Crippen LogP contribution in [0.3, 0.4) is 0 Å². The number of furan rings is 1. The summed E-state index contributed by atoms with van der Waals surface area (Å²) < 4.78 is 38.1. The predicted molar refractivity (Wildman–Crippen MR) is 109 cm³/mol. The Balaban J connectivity index is 1.74. The van der Waals surface area contributed by atoms with Crippen LogP contribution in [0, 0.1) is 20.8 Å². The summed E-state index contributed by atoms with van der Waals surface area (Å²) in [7, 11) is -3.81. The van der Waals surface area contributed by atoms with Gasteiger partial charge in [-0.1, -0.05) is 35.4 Å². The Morgan fingerprint density at radius 1 is 1.03 bits per heavy atom. The van der Waals surface area contributed by atoms with Gasteiger partial charge in [0.15, 0.2) is 0 Å². The van der Waals surface area contributed by atoms with Gasteiger partial charge in [-0.25, -0.2) is 17.9 Å². The van der Waals surface area contributed by atoms with E-state index >= 15 is 0 Å². The summed E-state index contributed by atoms with van der Waals surface area (Å²) in [4.78, 5) is 12.6. The van der Waals surface area contributed by atoms with Gasteiger partial charge in [0.25, 0.3) is 0 Å².